The van der Waals surface area contributed by atoms with E-state index >= 15 is 0 Å². The largest absolute Gasteiger partial charge is 0.394 e. The number of nitrogens with zero attached hydrogens (tertiary/aromatic N) is 1. The molecular weight excluding hydrogens is 296 g/mol. The van der Waals surface area contributed by atoms with Crippen LogP contribution in [-0.2, 0) is 19.0 Å². The minimum Gasteiger partial charge on any atom is -0.394 e. The summed E-state index contributed by atoms with van der Waals surface area (Å²) in [4.78, 5) is 14.8. The van der Waals surface area contributed by atoms with Crippen molar-refractivity contribution >= 4 is 12.6 Å². The fourth-order valence-corrected chi connectivity index (χ4v) is 2.07. The number of hydrogen-bond acceptors (Lipinski definition) is 8. The van der Waals surface area contributed by atoms with Gasteiger partial charge in [0.1, 0.15) is 24.4 Å². The highest BCUT2D eigenvalue weighted by Crippen LogP contribution is 2.22. The van der Waals surface area contributed by atoms with E-state index in [0.29, 0.717) is 13.2 Å². The summed E-state index contributed by atoms with van der Waals surface area (Å²) in [6.07, 6.45) is -4.63. The maximum absolute atomic E-state index is 11.2. The Labute approximate surface area is 128 Å². The zero-order valence-corrected chi connectivity index (χ0v) is 12.6. The second kappa shape index (κ2) is 9.82. The number of aliphatic imine (C=N–C) groups is 1. The molecule has 1 aliphatic rings. The van der Waals surface area contributed by atoms with Crippen molar-refractivity contribution in [3.63, 3.8) is 0 Å². The molecule has 22 heavy (non-hydrogen) atoms. The first kappa shape index (κ1) is 18.9. The first-order valence-electron chi connectivity index (χ1n) is 7.02. The summed E-state index contributed by atoms with van der Waals surface area (Å²) in [5.41, 5.74) is 0. The van der Waals surface area contributed by atoms with Crippen LogP contribution in [0.1, 0.15) is 6.92 Å². The second-order valence-electron chi connectivity index (χ2n) is 4.86. The Morgan fingerprint density at radius 1 is 1.32 bits per heavy atom. The Morgan fingerprint density at radius 3 is 2.64 bits per heavy atom. The van der Waals surface area contributed by atoms with Gasteiger partial charge in [0.25, 0.3) is 0 Å². The Morgan fingerprint density at radius 2 is 2.05 bits per heavy atom. The summed E-state index contributed by atoms with van der Waals surface area (Å²) in [6.45, 7) is 5.43. The number of nitrogens with one attached hydrogen (secondary N) is 1. The fraction of sp³-hybridized carbons (Fsp3) is 0.846. The number of ether oxygens (including phenoxy) is 3. The van der Waals surface area contributed by atoms with Crippen LogP contribution in [0.25, 0.3) is 0 Å². The lowest BCUT2D eigenvalue weighted by atomic mass is 9.97. The van der Waals surface area contributed by atoms with Crippen LogP contribution in [0, 0.1) is 0 Å². The maximum Gasteiger partial charge on any atom is 0.217 e. The molecule has 1 fully saturated rings. The molecule has 1 amide bonds. The van der Waals surface area contributed by atoms with Gasteiger partial charge >= 0.3 is 0 Å². The molecule has 1 aliphatic heterocycles. The van der Waals surface area contributed by atoms with E-state index in [1.54, 1.807) is 0 Å². The Hall–Kier alpha value is -1.10. The van der Waals surface area contributed by atoms with Crippen molar-refractivity contribution in [1.82, 2.24) is 5.32 Å². The number of aliphatic hydroxyl groups is 3. The van der Waals surface area contributed by atoms with Crippen molar-refractivity contribution in [2.45, 2.75) is 37.6 Å². The molecule has 4 N–H and O–H groups in total. The molecule has 0 aromatic heterocycles. The number of carbonyl (C=O) groups excluding carboxylic acids is 1. The van der Waals surface area contributed by atoms with Gasteiger partial charge in [0.2, 0.25) is 5.91 Å². The van der Waals surface area contributed by atoms with Crippen molar-refractivity contribution < 1.29 is 34.3 Å². The lowest BCUT2D eigenvalue weighted by Crippen LogP contribution is -2.64. The van der Waals surface area contributed by atoms with Crippen LogP contribution >= 0.6 is 0 Å². The van der Waals surface area contributed by atoms with Crippen LogP contribution < -0.4 is 5.32 Å². The molecule has 1 saturated heterocycles. The average Bonchev–Trinajstić information content (AvgIpc) is 2.49. The first-order valence-corrected chi connectivity index (χ1v) is 7.02. The maximum atomic E-state index is 11.2. The summed E-state index contributed by atoms with van der Waals surface area (Å²) in [6, 6.07) is -0.940. The fourth-order valence-electron chi connectivity index (χ4n) is 2.07. The number of rotatable bonds is 9. The van der Waals surface area contributed by atoms with Crippen molar-refractivity contribution in [2.75, 3.05) is 33.0 Å². The molecule has 0 radical (unpaired) electrons. The van der Waals surface area contributed by atoms with Gasteiger partial charge in [-0.3, -0.25) is 9.79 Å². The smallest absolute Gasteiger partial charge is 0.217 e. The van der Waals surface area contributed by atoms with Gasteiger partial charge in [-0.15, -0.1) is 0 Å². The van der Waals surface area contributed by atoms with Crippen LogP contribution in [0.5, 0.6) is 0 Å². The van der Waals surface area contributed by atoms with Crippen LogP contribution in [0.2, 0.25) is 0 Å². The van der Waals surface area contributed by atoms with Gasteiger partial charge in [0.05, 0.1) is 33.0 Å². The Balaban J connectivity index is 2.53. The van der Waals surface area contributed by atoms with Crippen LogP contribution in [0.4, 0.5) is 0 Å². The van der Waals surface area contributed by atoms with E-state index in [4.69, 9.17) is 19.3 Å². The topological polar surface area (TPSA) is 130 Å². The second-order valence-corrected chi connectivity index (χ2v) is 4.86. The van der Waals surface area contributed by atoms with E-state index in [-0.39, 0.29) is 13.2 Å². The van der Waals surface area contributed by atoms with Crippen LogP contribution in [0.3, 0.4) is 0 Å². The lowest BCUT2D eigenvalue weighted by Gasteiger charge is -2.42. The molecule has 0 spiro atoms. The Bertz CT molecular complexity index is 355. The minimum absolute atomic E-state index is 0.152. The normalized spacial score (nSPS) is 31.7. The van der Waals surface area contributed by atoms with Crippen LogP contribution in [-0.4, -0.2) is 91.6 Å². The van der Waals surface area contributed by atoms with Gasteiger partial charge in [-0.05, 0) is 6.72 Å². The highest BCUT2D eigenvalue weighted by Gasteiger charge is 2.45. The molecule has 5 unspecified atom stereocenters. The van der Waals surface area contributed by atoms with Gasteiger partial charge in [0.15, 0.2) is 6.29 Å². The molecule has 0 aromatic rings. The van der Waals surface area contributed by atoms with E-state index < -0.39 is 43.2 Å². The number of aliphatic hydroxyl groups excluding tert-OH is 3. The number of amides is 1. The molecular formula is C13H24N2O7. The molecule has 0 bridgehead atoms. The minimum atomic E-state index is -1.32. The zero-order chi connectivity index (χ0) is 16.5. The van der Waals surface area contributed by atoms with Crippen molar-refractivity contribution in [1.29, 1.82) is 0 Å². The number of hydrogen-bond donors (Lipinski definition) is 4. The van der Waals surface area contributed by atoms with E-state index in [1.807, 2.05) is 0 Å². The van der Waals surface area contributed by atoms with E-state index in [9.17, 15) is 15.0 Å². The molecule has 128 valence electrons. The van der Waals surface area contributed by atoms with Crippen molar-refractivity contribution in [2.24, 2.45) is 4.99 Å². The lowest BCUT2D eigenvalue weighted by molar-refractivity contribution is -0.272. The highest BCUT2D eigenvalue weighted by molar-refractivity contribution is 5.73. The first-order chi connectivity index (χ1) is 10.5. The quantitative estimate of drug-likeness (QED) is 0.277. The van der Waals surface area contributed by atoms with Gasteiger partial charge in [-0.2, -0.15) is 0 Å². The third-order valence-electron chi connectivity index (χ3n) is 3.15. The summed E-state index contributed by atoms with van der Waals surface area (Å²) in [7, 11) is 0. The predicted molar refractivity (Wildman–Crippen MR) is 76.6 cm³/mol. The molecule has 0 aliphatic carbocycles. The van der Waals surface area contributed by atoms with Crippen molar-refractivity contribution in [3.05, 3.63) is 0 Å². The standard InChI is InChI=1S/C13H24N2O7/c1-8(17)15-10-12(19)11(18)9(7-16)22-13(10)21-6-5-20-4-3-14-2/h9-13,16,18-19H,2-7H2,1H3,(H,15,17). The predicted octanol–water partition coefficient (Wildman–Crippen LogP) is -2.34. The van der Waals surface area contributed by atoms with Crippen molar-refractivity contribution in [3.8, 4) is 0 Å². The molecule has 0 aromatic carbocycles. The third kappa shape index (κ3) is 5.59. The summed E-state index contributed by atoms with van der Waals surface area (Å²) in [5.74, 6) is -0.399. The van der Waals surface area contributed by atoms with Crippen LogP contribution in [0.15, 0.2) is 4.99 Å². The van der Waals surface area contributed by atoms with Gasteiger partial charge in [0, 0.05) is 6.92 Å². The van der Waals surface area contributed by atoms with Gasteiger partial charge in [-0.1, -0.05) is 0 Å². The summed E-state index contributed by atoms with van der Waals surface area (Å²) < 4.78 is 16.0. The number of carbonyl (C=O) groups is 1. The molecule has 1 rings (SSSR count). The summed E-state index contributed by atoms with van der Waals surface area (Å²) >= 11 is 0. The van der Waals surface area contributed by atoms with E-state index in [2.05, 4.69) is 17.0 Å². The van der Waals surface area contributed by atoms with E-state index in [1.165, 1.54) is 6.92 Å². The van der Waals surface area contributed by atoms with Gasteiger partial charge in [-0.25, -0.2) is 0 Å². The Kier molecular flexibility index (Phi) is 8.46. The molecule has 9 heteroatoms. The molecule has 5 atom stereocenters. The van der Waals surface area contributed by atoms with E-state index in [0.717, 1.165) is 0 Å². The molecule has 1 heterocycles. The van der Waals surface area contributed by atoms with Gasteiger partial charge < -0.3 is 34.8 Å². The molecule has 9 nitrogen and oxygen atoms in total. The molecule has 0 saturated carbocycles. The zero-order valence-electron chi connectivity index (χ0n) is 12.6. The highest BCUT2D eigenvalue weighted by atomic mass is 16.7. The SMILES string of the molecule is C=NCCOCCOC1OC(CO)C(O)C(O)C1NC(C)=O. The average molecular weight is 320 g/mol. The third-order valence-corrected chi connectivity index (χ3v) is 3.15. The monoisotopic (exact) mass is 320 g/mol. The summed E-state index contributed by atoms with van der Waals surface area (Å²) in [5, 5.41) is 31.5.